The first-order valence-corrected chi connectivity index (χ1v) is 9.83. The highest BCUT2D eigenvalue weighted by Gasteiger charge is 2.16. The van der Waals surface area contributed by atoms with Crippen LogP contribution in [0.4, 0.5) is 0 Å². The van der Waals surface area contributed by atoms with E-state index in [2.05, 4.69) is 10.00 Å². The molecule has 0 amide bonds. The second kappa shape index (κ2) is 8.26. The van der Waals surface area contributed by atoms with Gasteiger partial charge in [0.2, 0.25) is 0 Å². The minimum atomic E-state index is -0.139. The zero-order valence-electron chi connectivity index (χ0n) is 16.8. The number of rotatable bonds is 6. The zero-order chi connectivity index (χ0) is 20.4. The molecule has 2 aromatic heterocycles. The summed E-state index contributed by atoms with van der Waals surface area (Å²) in [5.74, 6) is 0.737. The van der Waals surface area contributed by atoms with Crippen LogP contribution in [-0.2, 0) is 17.8 Å². The molecule has 3 aromatic rings. The smallest absolute Gasteiger partial charge is 0.276 e. The van der Waals surface area contributed by atoms with E-state index in [0.717, 1.165) is 44.2 Å². The number of morpholine rings is 1. The summed E-state index contributed by atoms with van der Waals surface area (Å²) < 4.78 is 13.9. The van der Waals surface area contributed by atoms with Crippen molar-refractivity contribution in [1.29, 1.82) is 0 Å². The molecule has 0 bridgehead atoms. The van der Waals surface area contributed by atoms with Gasteiger partial charge in [0, 0.05) is 31.4 Å². The van der Waals surface area contributed by atoms with Gasteiger partial charge in [-0.15, -0.1) is 0 Å². The Hall–Kier alpha value is -2.84. The number of aromatic amines is 1. The largest absolute Gasteiger partial charge is 0.497 e. The first kappa shape index (κ1) is 19.5. The second-order valence-corrected chi connectivity index (χ2v) is 7.32. The molecule has 3 heterocycles. The molecule has 0 saturated carbocycles. The summed E-state index contributed by atoms with van der Waals surface area (Å²) in [5, 5.41) is 3.67. The van der Waals surface area contributed by atoms with Crippen LogP contribution in [0, 0.1) is 6.92 Å². The Kier molecular flexibility index (Phi) is 5.55. The van der Waals surface area contributed by atoms with Gasteiger partial charge in [-0.2, -0.15) is 0 Å². The first-order chi connectivity index (χ1) is 14.1. The summed E-state index contributed by atoms with van der Waals surface area (Å²) in [5.41, 5.74) is 1.96. The molecule has 154 valence electrons. The fraction of sp³-hybridized carbons (Fsp3) is 0.429. The molecule has 0 aliphatic carbocycles. The number of hydrogen-bond acceptors (Lipinski definition) is 5. The topological polar surface area (TPSA) is 81.5 Å². The molecule has 1 aromatic carbocycles. The minimum Gasteiger partial charge on any atom is -0.497 e. The van der Waals surface area contributed by atoms with Crippen LogP contribution in [0.3, 0.4) is 0 Å². The molecule has 1 aliphatic heterocycles. The molecular weight excluding hydrogens is 372 g/mol. The predicted octanol–water partition coefficient (Wildman–Crippen LogP) is 1.19. The van der Waals surface area contributed by atoms with Crippen molar-refractivity contribution in [1.82, 2.24) is 19.2 Å². The van der Waals surface area contributed by atoms with Gasteiger partial charge in [0.15, 0.2) is 0 Å². The van der Waals surface area contributed by atoms with Crippen molar-refractivity contribution in [3.63, 3.8) is 0 Å². The summed E-state index contributed by atoms with van der Waals surface area (Å²) in [4.78, 5) is 28.0. The van der Waals surface area contributed by atoms with Gasteiger partial charge in [0.05, 0.1) is 44.3 Å². The van der Waals surface area contributed by atoms with E-state index in [1.54, 1.807) is 16.4 Å². The molecule has 0 radical (unpaired) electrons. The van der Waals surface area contributed by atoms with Gasteiger partial charge in [-0.3, -0.25) is 24.3 Å². The number of aromatic nitrogens is 3. The minimum absolute atomic E-state index is 0.0925. The van der Waals surface area contributed by atoms with Gasteiger partial charge in [0.1, 0.15) is 5.75 Å². The van der Waals surface area contributed by atoms with Crippen LogP contribution in [-0.4, -0.2) is 59.2 Å². The van der Waals surface area contributed by atoms with Crippen molar-refractivity contribution in [2.24, 2.45) is 0 Å². The third kappa shape index (κ3) is 3.99. The quantitative estimate of drug-likeness (QED) is 0.675. The van der Waals surface area contributed by atoms with Crippen LogP contribution >= 0.6 is 0 Å². The highest BCUT2D eigenvalue weighted by atomic mass is 16.5. The number of H-pyrrole nitrogens is 1. The number of aryl methyl sites for hydroxylation is 1. The van der Waals surface area contributed by atoms with Gasteiger partial charge in [-0.25, -0.2) is 0 Å². The van der Waals surface area contributed by atoms with E-state index < -0.39 is 0 Å². The number of nitrogens with one attached hydrogen (secondary N) is 1. The lowest BCUT2D eigenvalue weighted by atomic mass is 10.2. The summed E-state index contributed by atoms with van der Waals surface area (Å²) in [6.45, 7) is 6.73. The van der Waals surface area contributed by atoms with Gasteiger partial charge < -0.3 is 14.0 Å². The van der Waals surface area contributed by atoms with E-state index in [-0.39, 0.29) is 11.1 Å². The van der Waals surface area contributed by atoms with Crippen LogP contribution in [0.15, 0.2) is 39.9 Å². The molecule has 0 unspecified atom stereocenters. The van der Waals surface area contributed by atoms with Crippen molar-refractivity contribution in [3.05, 3.63) is 62.3 Å². The molecule has 0 spiro atoms. The Morgan fingerprint density at radius 3 is 2.69 bits per heavy atom. The number of pyridine rings is 1. The Balaban J connectivity index is 1.64. The van der Waals surface area contributed by atoms with E-state index in [0.29, 0.717) is 29.7 Å². The number of hydrogen-bond donors (Lipinski definition) is 1. The van der Waals surface area contributed by atoms with Crippen molar-refractivity contribution < 1.29 is 9.47 Å². The van der Waals surface area contributed by atoms with E-state index >= 15 is 0 Å². The van der Waals surface area contributed by atoms with Gasteiger partial charge >= 0.3 is 0 Å². The lowest BCUT2D eigenvalue weighted by molar-refractivity contribution is 0.0359. The van der Waals surface area contributed by atoms with E-state index in [1.807, 2.05) is 31.2 Å². The third-order valence-corrected chi connectivity index (χ3v) is 5.50. The SMILES string of the molecule is COc1cccc(Cn2c(C)c3c(=O)n(CCN4CCOCC4)[nH]c3cc2=O)c1. The number of ether oxygens (including phenoxy) is 2. The molecule has 8 nitrogen and oxygen atoms in total. The molecule has 1 saturated heterocycles. The second-order valence-electron chi connectivity index (χ2n) is 7.32. The fourth-order valence-electron chi connectivity index (χ4n) is 3.83. The molecule has 1 N–H and O–H groups in total. The van der Waals surface area contributed by atoms with Crippen LogP contribution < -0.4 is 15.9 Å². The van der Waals surface area contributed by atoms with E-state index in [4.69, 9.17) is 9.47 Å². The van der Waals surface area contributed by atoms with Gasteiger partial charge in [0.25, 0.3) is 11.1 Å². The highest BCUT2D eigenvalue weighted by molar-refractivity contribution is 5.80. The normalized spacial score (nSPS) is 15.1. The lowest BCUT2D eigenvalue weighted by Crippen LogP contribution is -2.39. The van der Waals surface area contributed by atoms with Crippen molar-refractivity contribution in [2.75, 3.05) is 40.0 Å². The maximum atomic E-state index is 13.0. The molecule has 0 atom stereocenters. The summed E-state index contributed by atoms with van der Waals surface area (Å²) in [6, 6.07) is 9.10. The van der Waals surface area contributed by atoms with Crippen LogP contribution in [0.2, 0.25) is 0 Å². The van der Waals surface area contributed by atoms with Gasteiger partial charge in [-0.1, -0.05) is 12.1 Å². The zero-order valence-corrected chi connectivity index (χ0v) is 16.8. The molecule has 4 rings (SSSR count). The first-order valence-electron chi connectivity index (χ1n) is 9.83. The van der Waals surface area contributed by atoms with Crippen LogP contribution in [0.5, 0.6) is 5.75 Å². The third-order valence-electron chi connectivity index (χ3n) is 5.50. The standard InChI is InChI=1S/C21H26N4O4/c1-15-20-18(22-25(21(20)27)7-6-23-8-10-29-11-9-23)13-19(26)24(15)14-16-4-3-5-17(12-16)28-2/h3-5,12-13,22H,6-11,14H2,1-2H3. The molecule has 1 fully saturated rings. The Labute approximate surface area is 168 Å². The number of fused-ring (bicyclic) bond motifs is 1. The van der Waals surface area contributed by atoms with E-state index in [1.165, 1.54) is 6.07 Å². The Morgan fingerprint density at radius 1 is 1.14 bits per heavy atom. The number of nitrogens with zero attached hydrogens (tertiary/aromatic N) is 3. The Morgan fingerprint density at radius 2 is 1.93 bits per heavy atom. The summed E-state index contributed by atoms with van der Waals surface area (Å²) in [7, 11) is 1.61. The van der Waals surface area contributed by atoms with E-state index in [9.17, 15) is 9.59 Å². The average molecular weight is 398 g/mol. The number of benzene rings is 1. The average Bonchev–Trinajstić information content (AvgIpc) is 3.05. The summed E-state index contributed by atoms with van der Waals surface area (Å²) >= 11 is 0. The monoisotopic (exact) mass is 398 g/mol. The van der Waals surface area contributed by atoms with Crippen molar-refractivity contribution in [2.45, 2.75) is 20.0 Å². The van der Waals surface area contributed by atoms with Crippen molar-refractivity contribution >= 4 is 10.9 Å². The predicted molar refractivity (Wildman–Crippen MR) is 111 cm³/mol. The number of methoxy groups -OCH3 is 1. The molecule has 1 aliphatic rings. The molecule has 29 heavy (non-hydrogen) atoms. The molecular formula is C21H26N4O4. The highest BCUT2D eigenvalue weighted by Crippen LogP contribution is 2.16. The Bertz CT molecular complexity index is 1120. The van der Waals surface area contributed by atoms with Gasteiger partial charge in [-0.05, 0) is 24.6 Å². The molecule has 8 heteroatoms. The van der Waals surface area contributed by atoms with Crippen molar-refractivity contribution in [3.8, 4) is 5.75 Å². The summed E-state index contributed by atoms with van der Waals surface area (Å²) in [6.07, 6.45) is 0. The van der Waals surface area contributed by atoms with Crippen LogP contribution in [0.25, 0.3) is 10.9 Å². The maximum Gasteiger partial charge on any atom is 0.276 e. The maximum absolute atomic E-state index is 13.0. The fourth-order valence-corrected chi connectivity index (χ4v) is 3.83. The lowest BCUT2D eigenvalue weighted by Gasteiger charge is -2.26. The van der Waals surface area contributed by atoms with Crippen LogP contribution in [0.1, 0.15) is 11.3 Å².